The summed E-state index contributed by atoms with van der Waals surface area (Å²) in [5.74, 6) is 0.484. The van der Waals surface area contributed by atoms with E-state index in [0.29, 0.717) is 5.92 Å². The van der Waals surface area contributed by atoms with Gasteiger partial charge in [-0.3, -0.25) is 0 Å². The first-order chi connectivity index (χ1) is 20.2. The van der Waals surface area contributed by atoms with Crippen LogP contribution in [0.2, 0.25) is 0 Å². The lowest BCUT2D eigenvalue weighted by atomic mass is 9.92. The van der Waals surface area contributed by atoms with Crippen LogP contribution >= 0.6 is 11.3 Å². The Morgan fingerprint density at radius 2 is 1.10 bits per heavy atom. The highest BCUT2D eigenvalue weighted by molar-refractivity contribution is 7.26. The van der Waals surface area contributed by atoms with Crippen LogP contribution in [0, 0.1) is 0 Å². The summed E-state index contributed by atoms with van der Waals surface area (Å²) in [7, 11) is 0. The highest BCUT2D eigenvalue weighted by Crippen LogP contribution is 2.44. The van der Waals surface area contributed by atoms with Gasteiger partial charge in [-0.15, -0.1) is 11.3 Å². The zero-order valence-electron chi connectivity index (χ0n) is 23.1. The minimum Gasteiger partial charge on any atom is -0.309 e. The van der Waals surface area contributed by atoms with E-state index >= 15 is 0 Å². The van der Waals surface area contributed by atoms with Gasteiger partial charge in [0.05, 0.1) is 16.7 Å². The predicted molar refractivity (Wildman–Crippen MR) is 179 cm³/mol. The van der Waals surface area contributed by atoms with Crippen molar-refractivity contribution in [3.05, 3.63) is 139 Å². The van der Waals surface area contributed by atoms with Gasteiger partial charge in [0.25, 0.3) is 0 Å². The Hall–Kier alpha value is -4.66. The number of benzene rings is 6. The molecule has 2 heteroatoms. The maximum absolute atomic E-state index is 2.46. The topological polar surface area (TPSA) is 4.93 Å². The molecule has 0 spiro atoms. The molecule has 41 heavy (non-hydrogen) atoms. The van der Waals surface area contributed by atoms with E-state index in [1.807, 2.05) is 11.3 Å². The van der Waals surface area contributed by atoms with Crippen molar-refractivity contribution in [2.45, 2.75) is 19.8 Å². The monoisotopic (exact) mass is 543 g/mol. The van der Waals surface area contributed by atoms with Gasteiger partial charge in [-0.05, 0) is 52.9 Å². The van der Waals surface area contributed by atoms with Crippen LogP contribution in [-0.2, 0) is 0 Å². The Morgan fingerprint density at radius 1 is 0.488 bits per heavy atom. The zero-order chi connectivity index (χ0) is 27.5. The molecule has 0 N–H and O–H groups in total. The number of nitrogens with zero attached hydrogens (tertiary/aromatic N) is 1. The molecule has 0 aliphatic heterocycles. The third-order valence-electron chi connectivity index (χ3n) is 8.42. The SMILES string of the molecule is CC(C)c1ccc2c(c1)c1ccccc1n2-c1ccccc1-c1ccccc1-c1cccc2c1sc1ccccc12. The van der Waals surface area contributed by atoms with Crippen LogP contribution in [-0.4, -0.2) is 4.57 Å². The number of hydrogen-bond acceptors (Lipinski definition) is 1. The molecule has 8 rings (SSSR count). The van der Waals surface area contributed by atoms with E-state index in [1.54, 1.807) is 0 Å². The molecule has 0 saturated heterocycles. The van der Waals surface area contributed by atoms with Gasteiger partial charge in [0.2, 0.25) is 0 Å². The summed E-state index contributed by atoms with van der Waals surface area (Å²) in [6, 6.07) is 49.1. The van der Waals surface area contributed by atoms with E-state index in [1.165, 1.54) is 75.5 Å². The lowest BCUT2D eigenvalue weighted by Gasteiger charge is -2.17. The molecular weight excluding hydrogens is 515 g/mol. The first-order valence-corrected chi connectivity index (χ1v) is 15.1. The van der Waals surface area contributed by atoms with Gasteiger partial charge >= 0.3 is 0 Å². The van der Waals surface area contributed by atoms with Gasteiger partial charge in [0.1, 0.15) is 0 Å². The summed E-state index contributed by atoms with van der Waals surface area (Å²) in [5.41, 5.74) is 10.1. The minimum atomic E-state index is 0.484. The zero-order valence-corrected chi connectivity index (χ0v) is 24.0. The van der Waals surface area contributed by atoms with E-state index in [9.17, 15) is 0 Å². The maximum atomic E-state index is 2.46. The molecule has 0 radical (unpaired) electrons. The normalized spacial score (nSPS) is 11.9. The van der Waals surface area contributed by atoms with Crippen LogP contribution < -0.4 is 0 Å². The number of rotatable bonds is 4. The van der Waals surface area contributed by atoms with Crippen molar-refractivity contribution < 1.29 is 0 Å². The van der Waals surface area contributed by atoms with Crippen LogP contribution in [0.15, 0.2) is 133 Å². The van der Waals surface area contributed by atoms with Crippen molar-refractivity contribution in [2.24, 2.45) is 0 Å². The highest BCUT2D eigenvalue weighted by atomic mass is 32.1. The van der Waals surface area contributed by atoms with Crippen molar-refractivity contribution in [3.8, 4) is 27.9 Å². The molecule has 6 aromatic carbocycles. The summed E-state index contributed by atoms with van der Waals surface area (Å²) < 4.78 is 5.14. The van der Waals surface area contributed by atoms with Crippen molar-refractivity contribution in [2.75, 3.05) is 0 Å². The van der Waals surface area contributed by atoms with Crippen LogP contribution in [0.1, 0.15) is 25.3 Å². The molecule has 2 aromatic heterocycles. The fourth-order valence-corrected chi connectivity index (χ4v) is 7.65. The summed E-state index contributed by atoms with van der Waals surface area (Å²) in [6.45, 7) is 4.54. The third-order valence-corrected chi connectivity index (χ3v) is 9.64. The molecule has 2 heterocycles. The van der Waals surface area contributed by atoms with Gasteiger partial charge in [-0.25, -0.2) is 0 Å². The Morgan fingerprint density at radius 3 is 1.93 bits per heavy atom. The molecule has 0 fully saturated rings. The summed E-state index contributed by atoms with van der Waals surface area (Å²) in [5, 5.41) is 5.26. The summed E-state index contributed by atoms with van der Waals surface area (Å²) in [6.07, 6.45) is 0. The lowest BCUT2D eigenvalue weighted by Crippen LogP contribution is -1.98. The van der Waals surface area contributed by atoms with Gasteiger partial charge in [-0.1, -0.05) is 117 Å². The van der Waals surface area contributed by atoms with Crippen molar-refractivity contribution in [1.82, 2.24) is 4.57 Å². The average Bonchev–Trinajstić information content (AvgIpc) is 3.56. The van der Waals surface area contributed by atoms with Crippen LogP contribution in [0.25, 0.3) is 69.9 Å². The van der Waals surface area contributed by atoms with Crippen molar-refractivity contribution in [1.29, 1.82) is 0 Å². The second kappa shape index (κ2) is 9.47. The largest absolute Gasteiger partial charge is 0.309 e. The second-order valence-corrected chi connectivity index (χ2v) is 12.2. The van der Waals surface area contributed by atoms with E-state index in [4.69, 9.17) is 0 Å². The first-order valence-electron chi connectivity index (χ1n) is 14.3. The van der Waals surface area contributed by atoms with Crippen LogP contribution in [0.3, 0.4) is 0 Å². The molecule has 0 saturated carbocycles. The Balaban J connectivity index is 1.41. The molecular formula is C39H29NS. The Labute approximate surface area is 243 Å². The number of para-hydroxylation sites is 2. The maximum Gasteiger partial charge on any atom is 0.0541 e. The Bertz CT molecular complexity index is 2240. The van der Waals surface area contributed by atoms with Crippen LogP contribution in [0.4, 0.5) is 0 Å². The Kier molecular flexibility index (Phi) is 5.58. The molecule has 0 aliphatic rings. The van der Waals surface area contributed by atoms with Crippen molar-refractivity contribution in [3.63, 3.8) is 0 Å². The molecule has 0 amide bonds. The molecule has 0 bridgehead atoms. The summed E-state index contributed by atoms with van der Waals surface area (Å²) in [4.78, 5) is 0. The standard InChI is InChI=1S/C39H29NS/c1-25(2)26-22-23-37-34(24-26)30-15-6-9-20-36(30)40(37)35-19-8-5-14-29(35)27-12-3-4-13-28(27)32-17-11-18-33-31-16-7-10-21-38(31)41-39(32)33/h3-25H,1-2H3. The van der Waals surface area contributed by atoms with E-state index in [0.717, 1.165) is 0 Å². The molecule has 196 valence electrons. The second-order valence-electron chi connectivity index (χ2n) is 11.1. The van der Waals surface area contributed by atoms with E-state index in [2.05, 4.69) is 152 Å². The molecule has 0 atom stereocenters. The third kappa shape index (κ3) is 3.75. The number of aromatic nitrogens is 1. The number of thiophene rings is 1. The van der Waals surface area contributed by atoms with Crippen LogP contribution in [0.5, 0.6) is 0 Å². The van der Waals surface area contributed by atoms with Gasteiger partial charge < -0.3 is 4.57 Å². The molecule has 0 unspecified atom stereocenters. The molecule has 1 nitrogen and oxygen atoms in total. The number of hydrogen-bond donors (Lipinski definition) is 0. The minimum absolute atomic E-state index is 0.484. The molecule has 0 aliphatic carbocycles. The van der Waals surface area contributed by atoms with E-state index < -0.39 is 0 Å². The average molecular weight is 544 g/mol. The molecule has 8 aromatic rings. The number of fused-ring (bicyclic) bond motifs is 6. The summed E-state index contributed by atoms with van der Waals surface area (Å²) >= 11 is 1.89. The fourth-order valence-electron chi connectivity index (χ4n) is 6.42. The predicted octanol–water partition coefficient (Wildman–Crippen LogP) is 11.6. The lowest BCUT2D eigenvalue weighted by molar-refractivity contribution is 0.868. The highest BCUT2D eigenvalue weighted by Gasteiger charge is 2.19. The van der Waals surface area contributed by atoms with E-state index in [-0.39, 0.29) is 0 Å². The van der Waals surface area contributed by atoms with Crippen molar-refractivity contribution >= 4 is 53.3 Å². The smallest absolute Gasteiger partial charge is 0.0541 e. The quantitative estimate of drug-likeness (QED) is 0.208. The van der Waals surface area contributed by atoms with Gasteiger partial charge in [0, 0.05) is 42.1 Å². The first kappa shape index (κ1) is 24.2. The fraction of sp³-hybridized carbons (Fsp3) is 0.0769. The van der Waals surface area contributed by atoms with Gasteiger partial charge in [-0.2, -0.15) is 0 Å². The van der Waals surface area contributed by atoms with Gasteiger partial charge in [0.15, 0.2) is 0 Å².